The van der Waals surface area contributed by atoms with Crippen LogP contribution in [0.2, 0.25) is 0 Å². The van der Waals surface area contributed by atoms with Crippen LogP contribution in [0.3, 0.4) is 0 Å². The molecule has 0 saturated carbocycles. The molecule has 0 radical (unpaired) electrons. The molecule has 158 valence electrons. The fourth-order valence-electron chi connectivity index (χ4n) is 4.38. The summed E-state index contributed by atoms with van der Waals surface area (Å²) in [5.74, 6) is -0.500. The first-order chi connectivity index (χ1) is 15.2. The summed E-state index contributed by atoms with van der Waals surface area (Å²) in [7, 11) is 0. The summed E-state index contributed by atoms with van der Waals surface area (Å²) in [6.07, 6.45) is 0.223. The molecule has 6 nitrogen and oxygen atoms in total. The molecule has 2 heterocycles. The Morgan fingerprint density at radius 3 is 2.48 bits per heavy atom. The second-order valence-corrected chi connectivity index (χ2v) is 8.04. The molecule has 2 amide bonds. The second-order valence-electron chi connectivity index (χ2n) is 8.04. The predicted octanol–water partition coefficient (Wildman–Crippen LogP) is 3.67. The first-order valence-corrected chi connectivity index (χ1v) is 10.7. The van der Waals surface area contributed by atoms with E-state index in [0.717, 1.165) is 54.1 Å². The lowest BCUT2D eigenvalue weighted by molar-refractivity contribution is -0.122. The highest BCUT2D eigenvalue weighted by molar-refractivity contribution is 6.08. The van der Waals surface area contributed by atoms with E-state index in [9.17, 15) is 9.59 Å². The largest absolute Gasteiger partial charge is 0.378 e. The number of carbonyl (C=O) groups excluding carboxylic acids is 2. The lowest BCUT2D eigenvalue weighted by Crippen LogP contribution is -2.36. The van der Waals surface area contributed by atoms with E-state index < -0.39 is 0 Å². The van der Waals surface area contributed by atoms with Gasteiger partial charge in [-0.15, -0.1) is 0 Å². The molecule has 2 saturated heterocycles. The van der Waals surface area contributed by atoms with Gasteiger partial charge >= 0.3 is 0 Å². The van der Waals surface area contributed by atoms with Crippen LogP contribution in [0.5, 0.6) is 0 Å². The second kappa shape index (κ2) is 8.40. The van der Waals surface area contributed by atoms with Crippen LogP contribution < -0.4 is 15.1 Å². The Bertz CT molecular complexity index is 1100. The van der Waals surface area contributed by atoms with Gasteiger partial charge < -0.3 is 19.9 Å². The Morgan fingerprint density at radius 2 is 1.68 bits per heavy atom. The summed E-state index contributed by atoms with van der Waals surface area (Å²) >= 11 is 0. The van der Waals surface area contributed by atoms with Gasteiger partial charge in [-0.1, -0.05) is 36.4 Å². The third kappa shape index (κ3) is 3.99. The molecule has 0 aromatic heterocycles. The zero-order valence-electron chi connectivity index (χ0n) is 17.3. The molecule has 0 unspecified atom stereocenters. The number of hydrogen-bond donors (Lipinski definition) is 1. The molecular formula is C25H25N3O3. The van der Waals surface area contributed by atoms with Gasteiger partial charge in [-0.25, -0.2) is 0 Å². The summed E-state index contributed by atoms with van der Waals surface area (Å²) in [6.45, 7) is 3.62. The molecule has 0 aliphatic carbocycles. The van der Waals surface area contributed by atoms with Gasteiger partial charge in [0.1, 0.15) is 0 Å². The number of rotatable bonds is 4. The minimum absolute atomic E-state index is 0.0147. The van der Waals surface area contributed by atoms with Gasteiger partial charge in [0.25, 0.3) is 0 Å². The maximum atomic E-state index is 12.9. The molecule has 0 spiro atoms. The van der Waals surface area contributed by atoms with Crippen LogP contribution in [0, 0.1) is 5.92 Å². The van der Waals surface area contributed by atoms with E-state index >= 15 is 0 Å². The van der Waals surface area contributed by atoms with Crippen molar-refractivity contribution in [3.8, 4) is 0 Å². The van der Waals surface area contributed by atoms with Gasteiger partial charge in [0.15, 0.2) is 0 Å². The Labute approximate surface area is 181 Å². The maximum Gasteiger partial charge on any atom is 0.229 e. The molecule has 2 aliphatic rings. The third-order valence-electron chi connectivity index (χ3n) is 6.06. The van der Waals surface area contributed by atoms with Crippen molar-refractivity contribution in [1.82, 2.24) is 0 Å². The van der Waals surface area contributed by atoms with Crippen molar-refractivity contribution < 1.29 is 14.3 Å². The van der Waals surface area contributed by atoms with E-state index in [1.54, 1.807) is 4.90 Å². The van der Waals surface area contributed by atoms with Crippen LogP contribution in [0.4, 0.5) is 17.1 Å². The van der Waals surface area contributed by atoms with Crippen LogP contribution in [-0.2, 0) is 14.3 Å². The van der Waals surface area contributed by atoms with Gasteiger partial charge in [-0.2, -0.15) is 0 Å². The predicted molar refractivity (Wildman–Crippen MR) is 123 cm³/mol. The first kappa shape index (κ1) is 19.6. The molecule has 31 heavy (non-hydrogen) atoms. The Kier molecular flexibility index (Phi) is 5.30. The highest BCUT2D eigenvalue weighted by Gasteiger charge is 2.35. The van der Waals surface area contributed by atoms with E-state index in [4.69, 9.17) is 4.74 Å². The fraction of sp³-hybridized carbons (Fsp3) is 0.280. The molecule has 1 atom stereocenters. The highest BCUT2D eigenvalue weighted by atomic mass is 16.5. The average molecular weight is 415 g/mol. The molecule has 2 aliphatic heterocycles. The zero-order chi connectivity index (χ0) is 21.2. The van der Waals surface area contributed by atoms with Crippen molar-refractivity contribution in [1.29, 1.82) is 0 Å². The minimum atomic E-state index is -0.370. The van der Waals surface area contributed by atoms with Crippen molar-refractivity contribution in [2.45, 2.75) is 6.42 Å². The van der Waals surface area contributed by atoms with Gasteiger partial charge in [0.05, 0.1) is 24.8 Å². The smallest absolute Gasteiger partial charge is 0.229 e. The topological polar surface area (TPSA) is 61.9 Å². The number of anilines is 3. The highest BCUT2D eigenvalue weighted by Crippen LogP contribution is 2.32. The molecule has 6 heteroatoms. The number of carbonyl (C=O) groups is 2. The van der Waals surface area contributed by atoms with E-state index in [1.165, 1.54) is 0 Å². The number of benzene rings is 3. The molecule has 3 aromatic rings. The maximum absolute atomic E-state index is 12.9. The van der Waals surface area contributed by atoms with Gasteiger partial charge in [0.2, 0.25) is 11.8 Å². The first-order valence-electron chi connectivity index (χ1n) is 10.7. The molecule has 2 fully saturated rings. The number of nitrogens with zero attached hydrogens (tertiary/aromatic N) is 2. The number of hydrogen-bond acceptors (Lipinski definition) is 4. The van der Waals surface area contributed by atoms with E-state index in [1.807, 2.05) is 66.7 Å². The Balaban J connectivity index is 1.27. The van der Waals surface area contributed by atoms with Crippen LogP contribution in [-0.4, -0.2) is 44.7 Å². The fourth-order valence-corrected chi connectivity index (χ4v) is 4.38. The van der Waals surface area contributed by atoms with Crippen LogP contribution >= 0.6 is 0 Å². The van der Waals surface area contributed by atoms with Crippen molar-refractivity contribution >= 4 is 39.6 Å². The van der Waals surface area contributed by atoms with Gasteiger partial charge in [-0.05, 0) is 35.7 Å². The third-order valence-corrected chi connectivity index (χ3v) is 6.06. The van der Waals surface area contributed by atoms with E-state index in [2.05, 4.69) is 10.2 Å². The lowest BCUT2D eigenvalue weighted by atomic mass is 10.1. The average Bonchev–Trinajstić information content (AvgIpc) is 3.21. The van der Waals surface area contributed by atoms with E-state index in [-0.39, 0.29) is 24.2 Å². The standard InChI is InChI=1S/C25H25N3O3/c29-24-16-19(17-28(24)23-7-3-5-18-4-1-2-6-22(18)23)25(30)26-20-8-10-21(11-9-20)27-12-14-31-15-13-27/h1-11,19H,12-17H2,(H,26,30)/t19-/m1/s1. The summed E-state index contributed by atoms with van der Waals surface area (Å²) in [6, 6.07) is 21.8. The zero-order valence-corrected chi connectivity index (χ0v) is 17.3. The van der Waals surface area contributed by atoms with Crippen molar-refractivity contribution in [3.05, 3.63) is 66.7 Å². The molecule has 5 rings (SSSR count). The number of fused-ring (bicyclic) bond motifs is 1. The van der Waals surface area contributed by atoms with Crippen LogP contribution in [0.15, 0.2) is 66.7 Å². The van der Waals surface area contributed by atoms with Crippen molar-refractivity contribution in [2.24, 2.45) is 5.92 Å². The van der Waals surface area contributed by atoms with Crippen LogP contribution in [0.25, 0.3) is 10.8 Å². The minimum Gasteiger partial charge on any atom is -0.378 e. The number of morpholine rings is 1. The monoisotopic (exact) mass is 415 g/mol. The normalized spacial score (nSPS) is 19.1. The summed E-state index contributed by atoms with van der Waals surface area (Å²) in [5.41, 5.74) is 2.74. The van der Waals surface area contributed by atoms with Crippen molar-refractivity contribution in [3.63, 3.8) is 0 Å². The lowest BCUT2D eigenvalue weighted by Gasteiger charge is -2.28. The quantitative estimate of drug-likeness (QED) is 0.706. The summed E-state index contributed by atoms with van der Waals surface area (Å²) < 4.78 is 5.40. The van der Waals surface area contributed by atoms with Gasteiger partial charge in [0, 0.05) is 42.8 Å². The summed E-state index contributed by atoms with van der Waals surface area (Å²) in [4.78, 5) is 29.6. The SMILES string of the molecule is O=C(Nc1ccc(N2CCOCC2)cc1)[C@@H]1CC(=O)N(c2cccc3ccccc23)C1. The molecule has 0 bridgehead atoms. The van der Waals surface area contributed by atoms with Crippen molar-refractivity contribution in [2.75, 3.05) is 48.0 Å². The number of ether oxygens (including phenoxy) is 1. The van der Waals surface area contributed by atoms with Crippen LogP contribution in [0.1, 0.15) is 6.42 Å². The number of amides is 2. The Morgan fingerprint density at radius 1 is 0.935 bits per heavy atom. The Hall–Kier alpha value is -3.38. The molecule has 1 N–H and O–H groups in total. The van der Waals surface area contributed by atoms with Gasteiger partial charge in [-0.3, -0.25) is 9.59 Å². The number of nitrogens with one attached hydrogen (secondary N) is 1. The van der Waals surface area contributed by atoms with E-state index in [0.29, 0.717) is 6.54 Å². The summed E-state index contributed by atoms with van der Waals surface area (Å²) in [5, 5.41) is 5.09. The molecule has 3 aromatic carbocycles. The molecular weight excluding hydrogens is 390 g/mol.